The summed E-state index contributed by atoms with van der Waals surface area (Å²) in [7, 11) is 0. The van der Waals surface area contributed by atoms with Gasteiger partial charge in [-0.1, -0.05) is 130 Å². The molecule has 1 saturated heterocycles. The van der Waals surface area contributed by atoms with Crippen molar-refractivity contribution in [3.05, 3.63) is 0 Å². The quantitative estimate of drug-likeness (QED) is 0.0259. The number of hydrogen-bond acceptors (Lipinski definition) is 24. The van der Waals surface area contributed by atoms with E-state index in [9.17, 15) is 57.5 Å². The van der Waals surface area contributed by atoms with Crippen LogP contribution in [0.15, 0.2) is 0 Å². The minimum atomic E-state index is -1.05. The third-order valence-corrected chi connectivity index (χ3v) is 14.1. The molecule has 1 heterocycles. The summed E-state index contributed by atoms with van der Waals surface area (Å²) in [4.78, 5) is 153. The molecular weight excluding hydrogens is 1150 g/mol. The average Bonchev–Trinajstić information content (AvgIpc) is 3.54. The van der Waals surface area contributed by atoms with Crippen LogP contribution in [0.5, 0.6) is 0 Å². The lowest BCUT2D eigenvalue weighted by Crippen LogP contribution is -2.62. The van der Waals surface area contributed by atoms with Gasteiger partial charge in [-0.15, -0.1) is 0 Å². The SMILES string of the molecule is CCCCCCCC(=O)OCOC(=O)CCN(CCC(=O)OCCC1NC(=O)C(CCOC(=O)CCN(CCC(=O)OCOC(=O)CCCCCCC)CCC(=O)OCOC(=O)CCCCCCC)NC1=O)CCC(=O)OCOC(=O)CCCCCCC. The van der Waals surface area contributed by atoms with Crippen LogP contribution in [0.3, 0.4) is 0 Å². The molecule has 0 radical (unpaired) electrons. The number of nitrogens with one attached hydrogen (secondary N) is 2. The van der Waals surface area contributed by atoms with Gasteiger partial charge < -0.3 is 67.8 Å². The molecule has 1 rings (SSSR count). The first kappa shape index (κ1) is 79.6. The number of ether oxygens (including phenoxy) is 10. The zero-order valence-electron chi connectivity index (χ0n) is 53.1. The van der Waals surface area contributed by atoms with Gasteiger partial charge in [-0.25, -0.2) is 0 Å². The molecule has 0 aromatic carbocycles. The highest BCUT2D eigenvalue weighted by Crippen LogP contribution is 2.12. The van der Waals surface area contributed by atoms with Crippen molar-refractivity contribution in [3.63, 3.8) is 0 Å². The Balaban J connectivity index is 2.67. The summed E-state index contributed by atoms with van der Waals surface area (Å²) in [5.41, 5.74) is 0. The van der Waals surface area contributed by atoms with Crippen molar-refractivity contribution in [1.82, 2.24) is 20.4 Å². The van der Waals surface area contributed by atoms with E-state index in [4.69, 9.17) is 47.4 Å². The Labute approximate surface area is 520 Å². The van der Waals surface area contributed by atoms with Crippen molar-refractivity contribution in [2.45, 2.75) is 245 Å². The molecule has 1 fully saturated rings. The normalized spacial score (nSPS) is 13.6. The molecule has 2 amide bonds. The fraction of sp³-hybridized carbons (Fsp3) is 0.806. The topological polar surface area (TPSA) is 328 Å². The van der Waals surface area contributed by atoms with Crippen molar-refractivity contribution < 1.29 is 105 Å². The van der Waals surface area contributed by atoms with Crippen molar-refractivity contribution >= 4 is 71.5 Å². The monoisotopic (exact) mass is 1260 g/mol. The van der Waals surface area contributed by atoms with Crippen molar-refractivity contribution in [2.24, 2.45) is 0 Å². The van der Waals surface area contributed by atoms with Crippen molar-refractivity contribution in [1.29, 1.82) is 0 Å². The van der Waals surface area contributed by atoms with Gasteiger partial charge in [0.05, 0.1) is 51.7 Å². The number of rotatable bonds is 56. The van der Waals surface area contributed by atoms with Crippen LogP contribution in [0.4, 0.5) is 0 Å². The first-order chi connectivity index (χ1) is 42.5. The predicted octanol–water partition coefficient (Wildman–Crippen LogP) is 7.40. The second kappa shape index (κ2) is 53.6. The molecule has 0 aromatic rings. The van der Waals surface area contributed by atoms with Gasteiger partial charge in [-0.3, -0.25) is 57.5 Å². The Morgan fingerprint density at radius 1 is 0.284 bits per heavy atom. The summed E-state index contributed by atoms with van der Waals surface area (Å²) in [6.45, 7) is 5.83. The highest BCUT2D eigenvalue weighted by Gasteiger charge is 2.34. The number of esters is 10. The largest absolute Gasteiger partial charge is 0.466 e. The molecule has 2 atom stereocenters. The van der Waals surface area contributed by atoms with E-state index >= 15 is 0 Å². The number of hydrogen-bond donors (Lipinski definition) is 2. The fourth-order valence-corrected chi connectivity index (χ4v) is 8.69. The lowest BCUT2D eigenvalue weighted by molar-refractivity contribution is -0.169. The Morgan fingerprint density at radius 2 is 0.477 bits per heavy atom. The van der Waals surface area contributed by atoms with Crippen molar-refractivity contribution in [2.75, 3.05) is 79.7 Å². The number of carbonyl (C=O) groups is 12. The van der Waals surface area contributed by atoms with Gasteiger partial charge in [0.25, 0.3) is 0 Å². The van der Waals surface area contributed by atoms with E-state index in [1.165, 1.54) is 0 Å². The number of amides is 2. The van der Waals surface area contributed by atoms with Gasteiger partial charge in [0.15, 0.2) is 0 Å². The highest BCUT2D eigenvalue weighted by molar-refractivity contribution is 5.97. The maximum Gasteiger partial charge on any atom is 0.309 e. The minimum Gasteiger partial charge on any atom is -0.466 e. The van der Waals surface area contributed by atoms with E-state index < -0.39 is 111 Å². The van der Waals surface area contributed by atoms with E-state index in [0.717, 1.165) is 103 Å². The molecule has 26 nitrogen and oxygen atoms in total. The fourth-order valence-electron chi connectivity index (χ4n) is 8.69. The third kappa shape index (κ3) is 45.8. The van der Waals surface area contributed by atoms with E-state index in [2.05, 4.69) is 38.3 Å². The molecule has 0 spiro atoms. The molecule has 504 valence electrons. The molecule has 2 unspecified atom stereocenters. The summed E-state index contributed by atoms with van der Waals surface area (Å²) in [6.07, 6.45) is 18.4. The highest BCUT2D eigenvalue weighted by atomic mass is 16.7. The van der Waals surface area contributed by atoms with Gasteiger partial charge in [0.1, 0.15) is 12.1 Å². The summed E-state index contributed by atoms with van der Waals surface area (Å²) < 4.78 is 51.1. The van der Waals surface area contributed by atoms with Crippen LogP contribution in [-0.2, 0) is 105 Å². The van der Waals surface area contributed by atoms with E-state index in [0.29, 0.717) is 25.7 Å². The maximum atomic E-state index is 13.0. The van der Waals surface area contributed by atoms with Crippen LogP contribution in [0, 0.1) is 0 Å². The predicted molar refractivity (Wildman–Crippen MR) is 317 cm³/mol. The van der Waals surface area contributed by atoms with E-state index in [1.807, 2.05) is 0 Å². The first-order valence-corrected chi connectivity index (χ1v) is 32.1. The average molecular weight is 1260 g/mol. The zero-order chi connectivity index (χ0) is 64.8. The molecule has 0 bridgehead atoms. The van der Waals surface area contributed by atoms with Crippen molar-refractivity contribution in [3.8, 4) is 0 Å². The van der Waals surface area contributed by atoms with Crippen LogP contribution >= 0.6 is 0 Å². The number of carbonyl (C=O) groups excluding carboxylic acids is 12. The van der Waals surface area contributed by atoms with Gasteiger partial charge in [-0.2, -0.15) is 0 Å². The molecule has 1 aliphatic heterocycles. The molecule has 0 saturated carbocycles. The molecule has 0 aromatic heterocycles. The second-order valence-electron chi connectivity index (χ2n) is 21.6. The molecule has 1 aliphatic rings. The zero-order valence-corrected chi connectivity index (χ0v) is 53.1. The Morgan fingerprint density at radius 3 is 0.693 bits per heavy atom. The van der Waals surface area contributed by atoms with Crippen LogP contribution in [0.2, 0.25) is 0 Å². The Kier molecular flexibility index (Phi) is 48.4. The lowest BCUT2D eigenvalue weighted by atomic mass is 10.1. The maximum absolute atomic E-state index is 13.0. The van der Waals surface area contributed by atoms with Gasteiger partial charge in [0.2, 0.25) is 39.0 Å². The van der Waals surface area contributed by atoms with Crippen LogP contribution in [-0.4, -0.2) is 173 Å². The Bertz CT molecular complexity index is 1810. The van der Waals surface area contributed by atoms with Crippen LogP contribution in [0.1, 0.15) is 233 Å². The second-order valence-corrected chi connectivity index (χ2v) is 21.6. The van der Waals surface area contributed by atoms with Crippen LogP contribution < -0.4 is 10.6 Å². The third-order valence-electron chi connectivity index (χ3n) is 14.1. The summed E-state index contributed by atoms with van der Waals surface area (Å²) in [5.74, 6) is -7.16. The van der Waals surface area contributed by atoms with Gasteiger partial charge in [0, 0.05) is 77.8 Å². The molecule has 0 aliphatic carbocycles. The number of nitrogens with zero attached hydrogens (tertiary/aromatic N) is 2. The smallest absolute Gasteiger partial charge is 0.309 e. The summed E-state index contributed by atoms with van der Waals surface area (Å²) in [5, 5.41) is 5.18. The van der Waals surface area contributed by atoms with Gasteiger partial charge in [-0.05, 0) is 25.7 Å². The number of unbranched alkanes of at least 4 members (excludes halogenated alkanes) is 16. The molecule has 88 heavy (non-hydrogen) atoms. The lowest BCUT2D eigenvalue weighted by Gasteiger charge is -2.29. The van der Waals surface area contributed by atoms with E-state index in [1.54, 1.807) is 9.80 Å². The standard InChI is InChI=1S/C62H104N4O22/c1-5-9-13-17-21-25-51(67)81-45-85-57(73)31-39-65(40-32-58(74)86-46-82-52(68)26-22-18-14-10-6-2)37-29-55(71)79-43-35-49-61(77)64-50(62(78)63-49)36-44-80-56(72)30-38-66(41-33-59(75)87-47-83-53(69)27-23-19-15-11-7-3)42-34-60(76)88-48-84-54(70)28-24-20-16-12-8-4/h49-50H,5-48H2,1-4H3,(H,63,78)(H,64,77). The van der Waals surface area contributed by atoms with E-state index in [-0.39, 0.29) is 130 Å². The summed E-state index contributed by atoms with van der Waals surface area (Å²) >= 11 is 0. The number of piperazine rings is 1. The minimum absolute atomic E-state index is 0.0263. The molecular formula is C62H104N4O22. The van der Waals surface area contributed by atoms with Crippen LogP contribution in [0.25, 0.3) is 0 Å². The van der Waals surface area contributed by atoms with Gasteiger partial charge >= 0.3 is 59.7 Å². The molecule has 26 heteroatoms. The molecule has 2 N–H and O–H groups in total. The summed E-state index contributed by atoms with van der Waals surface area (Å²) in [6, 6.07) is -2.10. The first-order valence-electron chi connectivity index (χ1n) is 32.1. The Hall–Kier alpha value is -6.44.